The molecule has 0 aromatic heterocycles. The molecule has 3 N–H and O–H groups in total. The van der Waals surface area contributed by atoms with E-state index in [1.165, 1.54) is 0 Å². The van der Waals surface area contributed by atoms with E-state index in [1.807, 2.05) is 32.0 Å². The summed E-state index contributed by atoms with van der Waals surface area (Å²) < 4.78 is 22.6. The maximum absolute atomic E-state index is 11.8. The molecule has 2 rings (SSSR count). The maximum Gasteiger partial charge on any atom is 0.319 e. The molecule has 1 aliphatic rings. The highest BCUT2D eigenvalue weighted by Crippen LogP contribution is 2.13. The molecule has 23 heavy (non-hydrogen) atoms. The van der Waals surface area contributed by atoms with Crippen molar-refractivity contribution in [1.82, 2.24) is 10.6 Å². The molecule has 0 unspecified atom stereocenters. The van der Waals surface area contributed by atoms with E-state index in [1.54, 1.807) is 0 Å². The second-order valence-corrected chi connectivity index (χ2v) is 8.08. The first kappa shape index (κ1) is 17.3. The molecule has 0 bridgehead atoms. The fourth-order valence-corrected chi connectivity index (χ4v) is 4.24. The van der Waals surface area contributed by atoms with Gasteiger partial charge < -0.3 is 16.0 Å². The summed E-state index contributed by atoms with van der Waals surface area (Å²) in [6.07, 6.45) is 0.419. The Kier molecular flexibility index (Phi) is 5.25. The summed E-state index contributed by atoms with van der Waals surface area (Å²) in [5.74, 6) is -0.339. The first-order valence-corrected chi connectivity index (χ1v) is 9.18. The summed E-state index contributed by atoms with van der Waals surface area (Å²) in [5, 5.41) is 7.72. The van der Waals surface area contributed by atoms with E-state index in [2.05, 4.69) is 16.0 Å². The molecule has 1 heterocycles. The SMILES string of the molecule is Cc1cc(C)cc(NC(=O)NCC(=O)N[C@H]2CCS(=O)(=O)C2)c1. The second-order valence-electron chi connectivity index (χ2n) is 5.85. The summed E-state index contributed by atoms with van der Waals surface area (Å²) in [6, 6.07) is 4.80. The molecule has 1 saturated heterocycles. The number of aryl methyl sites for hydroxylation is 2. The van der Waals surface area contributed by atoms with Gasteiger partial charge in [-0.1, -0.05) is 6.07 Å². The Hall–Kier alpha value is -2.09. The number of anilines is 1. The third kappa shape index (κ3) is 5.55. The fraction of sp³-hybridized carbons (Fsp3) is 0.467. The number of sulfone groups is 1. The van der Waals surface area contributed by atoms with E-state index >= 15 is 0 Å². The number of nitrogens with one attached hydrogen (secondary N) is 3. The fourth-order valence-electron chi connectivity index (χ4n) is 2.57. The monoisotopic (exact) mass is 339 g/mol. The van der Waals surface area contributed by atoms with Gasteiger partial charge in [0.1, 0.15) is 0 Å². The highest BCUT2D eigenvalue weighted by Gasteiger charge is 2.28. The van der Waals surface area contributed by atoms with Gasteiger partial charge in [-0.05, 0) is 43.5 Å². The minimum absolute atomic E-state index is 0.0342. The van der Waals surface area contributed by atoms with E-state index in [0.29, 0.717) is 12.1 Å². The molecule has 0 radical (unpaired) electrons. The second kappa shape index (κ2) is 6.99. The highest BCUT2D eigenvalue weighted by molar-refractivity contribution is 7.91. The van der Waals surface area contributed by atoms with Crippen LogP contribution in [0.4, 0.5) is 10.5 Å². The van der Waals surface area contributed by atoms with E-state index in [-0.39, 0.29) is 24.1 Å². The number of carbonyl (C=O) groups excluding carboxylic acids is 2. The van der Waals surface area contributed by atoms with Crippen molar-refractivity contribution in [2.75, 3.05) is 23.4 Å². The molecule has 7 nitrogen and oxygen atoms in total. The summed E-state index contributed by atoms with van der Waals surface area (Å²) >= 11 is 0. The van der Waals surface area contributed by atoms with Gasteiger partial charge in [0, 0.05) is 11.7 Å². The van der Waals surface area contributed by atoms with E-state index in [9.17, 15) is 18.0 Å². The number of amides is 3. The third-order valence-corrected chi connectivity index (χ3v) is 5.25. The molecule has 0 aliphatic carbocycles. The standard InChI is InChI=1S/C15H21N3O4S/c1-10-5-11(2)7-13(6-10)18-15(20)16-8-14(19)17-12-3-4-23(21,22)9-12/h5-7,12H,3-4,8-9H2,1-2H3,(H,17,19)(H2,16,18,20)/t12-/m0/s1. The summed E-state index contributed by atoms with van der Waals surface area (Å²) in [7, 11) is -3.04. The number of hydrogen-bond acceptors (Lipinski definition) is 4. The van der Waals surface area contributed by atoms with E-state index in [0.717, 1.165) is 11.1 Å². The number of rotatable bonds is 4. The van der Waals surface area contributed by atoms with Crippen LogP contribution in [0.25, 0.3) is 0 Å². The first-order valence-electron chi connectivity index (χ1n) is 7.36. The molecule has 1 fully saturated rings. The Morgan fingerprint density at radius 3 is 2.39 bits per heavy atom. The van der Waals surface area contributed by atoms with Crippen LogP contribution in [-0.4, -0.2) is 44.4 Å². The van der Waals surface area contributed by atoms with Crippen LogP contribution in [0.1, 0.15) is 17.5 Å². The molecular formula is C15H21N3O4S. The van der Waals surface area contributed by atoms with Crippen molar-refractivity contribution in [3.8, 4) is 0 Å². The van der Waals surface area contributed by atoms with E-state index in [4.69, 9.17) is 0 Å². The number of benzene rings is 1. The van der Waals surface area contributed by atoms with Crippen LogP contribution in [0.2, 0.25) is 0 Å². The minimum Gasteiger partial charge on any atom is -0.351 e. The van der Waals surface area contributed by atoms with Crippen LogP contribution in [0, 0.1) is 13.8 Å². The van der Waals surface area contributed by atoms with Gasteiger partial charge in [0.2, 0.25) is 5.91 Å². The van der Waals surface area contributed by atoms with Crippen molar-refractivity contribution in [2.45, 2.75) is 26.3 Å². The summed E-state index contributed by atoms with van der Waals surface area (Å²) in [6.45, 7) is 3.66. The predicted molar refractivity (Wildman–Crippen MR) is 88.1 cm³/mol. The lowest BCUT2D eigenvalue weighted by molar-refractivity contribution is -0.120. The van der Waals surface area contributed by atoms with Crippen LogP contribution >= 0.6 is 0 Å². The molecule has 1 atom stereocenters. The average molecular weight is 339 g/mol. The van der Waals surface area contributed by atoms with Crippen molar-refractivity contribution in [3.63, 3.8) is 0 Å². The van der Waals surface area contributed by atoms with Gasteiger partial charge >= 0.3 is 6.03 Å². The van der Waals surface area contributed by atoms with Gasteiger partial charge in [-0.2, -0.15) is 0 Å². The highest BCUT2D eigenvalue weighted by atomic mass is 32.2. The molecular weight excluding hydrogens is 318 g/mol. The third-order valence-electron chi connectivity index (χ3n) is 3.49. The van der Waals surface area contributed by atoms with Crippen LogP contribution in [0.5, 0.6) is 0 Å². The lowest BCUT2D eigenvalue weighted by atomic mass is 10.1. The molecule has 3 amide bonds. The molecule has 126 valence electrons. The van der Waals surface area contributed by atoms with Crippen LogP contribution in [0.15, 0.2) is 18.2 Å². The molecule has 0 saturated carbocycles. The predicted octanol–water partition coefficient (Wildman–Crippen LogP) is 0.728. The van der Waals surface area contributed by atoms with Gasteiger partial charge in [-0.15, -0.1) is 0 Å². The zero-order valence-corrected chi connectivity index (χ0v) is 14.0. The largest absolute Gasteiger partial charge is 0.351 e. The van der Waals surface area contributed by atoms with Gasteiger partial charge in [0.05, 0.1) is 18.1 Å². The minimum atomic E-state index is -3.04. The molecule has 1 aromatic carbocycles. The van der Waals surface area contributed by atoms with Crippen LogP contribution in [0.3, 0.4) is 0 Å². The molecule has 8 heteroatoms. The zero-order chi connectivity index (χ0) is 17.0. The van der Waals surface area contributed by atoms with Crippen molar-refractivity contribution in [2.24, 2.45) is 0 Å². The lowest BCUT2D eigenvalue weighted by Crippen LogP contribution is -2.43. The molecule has 1 aliphatic heterocycles. The van der Waals surface area contributed by atoms with E-state index < -0.39 is 21.8 Å². The first-order chi connectivity index (χ1) is 10.7. The Bertz CT molecular complexity index is 695. The van der Waals surface area contributed by atoms with Crippen molar-refractivity contribution >= 4 is 27.5 Å². The van der Waals surface area contributed by atoms with Gasteiger partial charge in [-0.3, -0.25) is 4.79 Å². The van der Waals surface area contributed by atoms with Gasteiger partial charge in [0.25, 0.3) is 0 Å². The molecule has 0 spiro atoms. The van der Waals surface area contributed by atoms with Crippen molar-refractivity contribution in [3.05, 3.63) is 29.3 Å². The average Bonchev–Trinajstić information content (AvgIpc) is 2.74. The summed E-state index contributed by atoms with van der Waals surface area (Å²) in [5.41, 5.74) is 2.71. The number of hydrogen-bond donors (Lipinski definition) is 3. The Balaban J connectivity index is 1.76. The topological polar surface area (TPSA) is 104 Å². The van der Waals surface area contributed by atoms with Gasteiger partial charge in [0.15, 0.2) is 9.84 Å². The number of urea groups is 1. The lowest BCUT2D eigenvalue weighted by Gasteiger charge is -2.12. The Morgan fingerprint density at radius 1 is 1.17 bits per heavy atom. The van der Waals surface area contributed by atoms with Crippen LogP contribution < -0.4 is 16.0 Å². The van der Waals surface area contributed by atoms with Crippen molar-refractivity contribution in [1.29, 1.82) is 0 Å². The quantitative estimate of drug-likeness (QED) is 0.752. The van der Waals surface area contributed by atoms with Crippen LogP contribution in [-0.2, 0) is 14.6 Å². The Morgan fingerprint density at radius 2 is 1.83 bits per heavy atom. The number of carbonyl (C=O) groups is 2. The zero-order valence-electron chi connectivity index (χ0n) is 13.2. The summed E-state index contributed by atoms with van der Waals surface area (Å²) in [4.78, 5) is 23.5. The maximum atomic E-state index is 11.8. The molecule has 1 aromatic rings. The smallest absolute Gasteiger partial charge is 0.319 e. The normalized spacial score (nSPS) is 19.1. The van der Waals surface area contributed by atoms with Crippen molar-refractivity contribution < 1.29 is 18.0 Å². The van der Waals surface area contributed by atoms with Gasteiger partial charge in [-0.25, -0.2) is 13.2 Å². The Labute approximate surface area is 135 Å².